The number of aromatic nitrogens is 3. The van der Waals surface area contributed by atoms with Crippen molar-refractivity contribution in [3.8, 4) is 17.1 Å². The second-order valence-electron chi connectivity index (χ2n) is 6.56. The highest BCUT2D eigenvalue weighted by Crippen LogP contribution is 2.22. The van der Waals surface area contributed by atoms with Crippen molar-refractivity contribution in [2.24, 2.45) is 0 Å². The fourth-order valence-corrected chi connectivity index (χ4v) is 2.83. The standard InChI is InChI=1S/C23H19FN4O3/c1-30-19-11-7-17(8-12-19)22-26-23(25-15-20-3-2-14-31-20)28(27-22)21(29)13-6-16-4-9-18(24)10-5-16/h2-14H,15H2,1H3,(H,25,26,27). The molecule has 31 heavy (non-hydrogen) atoms. The Morgan fingerprint density at radius 1 is 1.16 bits per heavy atom. The lowest BCUT2D eigenvalue weighted by molar-refractivity contribution is 0.0957. The lowest BCUT2D eigenvalue weighted by atomic mass is 10.2. The van der Waals surface area contributed by atoms with Gasteiger partial charge in [-0.25, -0.2) is 4.39 Å². The van der Waals surface area contributed by atoms with Gasteiger partial charge in [-0.3, -0.25) is 4.79 Å². The first-order chi connectivity index (χ1) is 15.1. The van der Waals surface area contributed by atoms with Crippen LogP contribution in [0, 0.1) is 5.82 Å². The third kappa shape index (κ3) is 4.87. The summed E-state index contributed by atoms with van der Waals surface area (Å²) in [6.45, 7) is 0.336. The topological polar surface area (TPSA) is 82.2 Å². The number of anilines is 1. The lowest BCUT2D eigenvalue weighted by Crippen LogP contribution is -2.14. The van der Waals surface area contributed by atoms with E-state index in [-0.39, 0.29) is 11.8 Å². The van der Waals surface area contributed by atoms with Gasteiger partial charge in [0.2, 0.25) is 5.95 Å². The minimum Gasteiger partial charge on any atom is -0.497 e. The van der Waals surface area contributed by atoms with Gasteiger partial charge >= 0.3 is 0 Å². The van der Waals surface area contributed by atoms with Crippen molar-refractivity contribution in [3.05, 3.63) is 90.1 Å². The summed E-state index contributed by atoms with van der Waals surface area (Å²) in [5.41, 5.74) is 1.42. The van der Waals surface area contributed by atoms with Crippen LogP contribution in [0.3, 0.4) is 0 Å². The Kier molecular flexibility index (Phi) is 5.89. The van der Waals surface area contributed by atoms with Gasteiger partial charge < -0.3 is 14.5 Å². The molecule has 0 aliphatic rings. The number of hydrogen-bond donors (Lipinski definition) is 1. The third-order valence-corrected chi connectivity index (χ3v) is 4.45. The lowest BCUT2D eigenvalue weighted by Gasteiger charge is -2.03. The molecule has 2 aromatic heterocycles. The zero-order valence-electron chi connectivity index (χ0n) is 16.7. The van der Waals surface area contributed by atoms with Crippen LogP contribution in [0.15, 0.2) is 77.4 Å². The zero-order valence-corrected chi connectivity index (χ0v) is 16.7. The van der Waals surface area contributed by atoms with Crippen LogP contribution in [0.5, 0.6) is 5.75 Å². The molecule has 8 heteroatoms. The molecule has 0 bridgehead atoms. The van der Waals surface area contributed by atoms with Crippen LogP contribution in [-0.4, -0.2) is 27.8 Å². The molecule has 156 valence electrons. The summed E-state index contributed by atoms with van der Waals surface area (Å²) in [5.74, 6) is 1.31. The van der Waals surface area contributed by atoms with Gasteiger partial charge in [-0.05, 0) is 60.2 Å². The number of methoxy groups -OCH3 is 1. The molecule has 0 unspecified atom stereocenters. The molecule has 7 nitrogen and oxygen atoms in total. The first-order valence-corrected chi connectivity index (χ1v) is 9.48. The smallest absolute Gasteiger partial charge is 0.274 e. The molecule has 0 atom stereocenters. The summed E-state index contributed by atoms with van der Waals surface area (Å²) < 4.78 is 24.8. The van der Waals surface area contributed by atoms with Crippen LogP contribution in [0.2, 0.25) is 0 Å². The molecule has 0 spiro atoms. The van der Waals surface area contributed by atoms with Crippen LogP contribution >= 0.6 is 0 Å². The Hall–Kier alpha value is -4.20. The van der Waals surface area contributed by atoms with E-state index in [1.807, 2.05) is 18.2 Å². The van der Waals surface area contributed by atoms with E-state index in [0.29, 0.717) is 29.4 Å². The minimum atomic E-state index is -0.404. The molecule has 0 saturated carbocycles. The van der Waals surface area contributed by atoms with Crippen molar-refractivity contribution in [2.45, 2.75) is 6.54 Å². The molecule has 4 rings (SSSR count). The maximum atomic E-state index is 13.1. The van der Waals surface area contributed by atoms with Gasteiger partial charge in [0, 0.05) is 11.6 Å². The van der Waals surface area contributed by atoms with E-state index in [4.69, 9.17) is 9.15 Å². The number of halogens is 1. The monoisotopic (exact) mass is 418 g/mol. The highest BCUT2D eigenvalue weighted by atomic mass is 19.1. The molecule has 2 heterocycles. The molecule has 0 radical (unpaired) electrons. The third-order valence-electron chi connectivity index (χ3n) is 4.45. The number of benzene rings is 2. The van der Waals surface area contributed by atoms with E-state index < -0.39 is 5.91 Å². The van der Waals surface area contributed by atoms with E-state index in [1.165, 1.54) is 22.9 Å². The van der Waals surface area contributed by atoms with Gasteiger partial charge in [0.05, 0.1) is 19.9 Å². The molecule has 0 aliphatic heterocycles. The second kappa shape index (κ2) is 9.08. The zero-order chi connectivity index (χ0) is 21.6. The van der Waals surface area contributed by atoms with Crippen LogP contribution < -0.4 is 10.1 Å². The Morgan fingerprint density at radius 2 is 1.94 bits per heavy atom. The van der Waals surface area contributed by atoms with Crippen LogP contribution in [0.25, 0.3) is 17.5 Å². The predicted octanol–water partition coefficient (Wildman–Crippen LogP) is 4.65. The molecule has 0 amide bonds. The summed E-state index contributed by atoms with van der Waals surface area (Å²) in [7, 11) is 1.59. The van der Waals surface area contributed by atoms with Gasteiger partial charge in [-0.2, -0.15) is 9.67 Å². The average molecular weight is 418 g/mol. The number of hydrogen-bond acceptors (Lipinski definition) is 6. The first-order valence-electron chi connectivity index (χ1n) is 9.48. The number of rotatable bonds is 7. The number of furan rings is 1. The molecule has 2 aromatic carbocycles. The van der Waals surface area contributed by atoms with Crippen molar-refractivity contribution < 1.29 is 18.3 Å². The van der Waals surface area contributed by atoms with Crippen molar-refractivity contribution in [1.82, 2.24) is 14.8 Å². The molecule has 0 aliphatic carbocycles. The fraction of sp³-hybridized carbons (Fsp3) is 0.0870. The summed E-state index contributed by atoms with van der Waals surface area (Å²) >= 11 is 0. The molecule has 1 N–H and O–H groups in total. The number of ether oxygens (including phenoxy) is 1. The Labute approximate surface area is 177 Å². The number of nitrogens with zero attached hydrogens (tertiary/aromatic N) is 3. The van der Waals surface area contributed by atoms with Crippen molar-refractivity contribution in [2.75, 3.05) is 12.4 Å². The number of carbonyl (C=O) groups excluding carboxylic acids is 1. The molecule has 0 saturated heterocycles. The molecule has 4 aromatic rings. The number of carbonyl (C=O) groups is 1. The highest BCUT2D eigenvalue weighted by molar-refractivity contribution is 5.94. The molecular weight excluding hydrogens is 399 g/mol. The minimum absolute atomic E-state index is 0.274. The summed E-state index contributed by atoms with van der Waals surface area (Å²) in [5, 5.41) is 7.45. The van der Waals surface area contributed by atoms with Gasteiger partial charge in [0.1, 0.15) is 17.3 Å². The van der Waals surface area contributed by atoms with E-state index in [1.54, 1.807) is 49.8 Å². The maximum Gasteiger partial charge on any atom is 0.274 e. The van der Waals surface area contributed by atoms with Crippen LogP contribution in [0.1, 0.15) is 16.1 Å². The second-order valence-corrected chi connectivity index (χ2v) is 6.56. The normalized spacial score (nSPS) is 11.0. The Bertz CT molecular complexity index is 1180. The predicted molar refractivity (Wildman–Crippen MR) is 114 cm³/mol. The number of nitrogens with one attached hydrogen (secondary N) is 1. The highest BCUT2D eigenvalue weighted by Gasteiger charge is 2.16. The van der Waals surface area contributed by atoms with Crippen molar-refractivity contribution >= 4 is 17.9 Å². The van der Waals surface area contributed by atoms with Crippen molar-refractivity contribution in [3.63, 3.8) is 0 Å². The average Bonchev–Trinajstić information content (AvgIpc) is 3.47. The maximum absolute atomic E-state index is 13.1. The Balaban J connectivity index is 1.61. The Morgan fingerprint density at radius 3 is 2.61 bits per heavy atom. The van der Waals surface area contributed by atoms with E-state index in [0.717, 1.165) is 5.56 Å². The van der Waals surface area contributed by atoms with Gasteiger partial charge in [0.25, 0.3) is 5.91 Å². The number of allylic oxidation sites excluding steroid dienone is 1. The summed E-state index contributed by atoms with van der Waals surface area (Å²) in [4.78, 5) is 17.3. The van der Waals surface area contributed by atoms with Gasteiger partial charge in [0.15, 0.2) is 5.82 Å². The van der Waals surface area contributed by atoms with Crippen LogP contribution in [0.4, 0.5) is 10.3 Å². The largest absolute Gasteiger partial charge is 0.497 e. The summed E-state index contributed by atoms with van der Waals surface area (Å²) in [6, 6.07) is 16.6. The fourth-order valence-electron chi connectivity index (χ4n) is 2.83. The SMILES string of the molecule is COc1ccc(-c2nc(NCc3ccco3)n(C(=O)C=Cc3ccc(F)cc3)n2)cc1. The quantitative estimate of drug-likeness (QED) is 0.440. The summed E-state index contributed by atoms with van der Waals surface area (Å²) in [6.07, 6.45) is 4.52. The van der Waals surface area contributed by atoms with Gasteiger partial charge in [-0.1, -0.05) is 12.1 Å². The van der Waals surface area contributed by atoms with E-state index in [2.05, 4.69) is 15.4 Å². The van der Waals surface area contributed by atoms with E-state index in [9.17, 15) is 9.18 Å². The van der Waals surface area contributed by atoms with E-state index >= 15 is 0 Å². The van der Waals surface area contributed by atoms with Crippen molar-refractivity contribution in [1.29, 1.82) is 0 Å². The van der Waals surface area contributed by atoms with Gasteiger partial charge in [-0.15, -0.1) is 5.10 Å². The first kappa shape index (κ1) is 20.1. The molecule has 0 fully saturated rings. The molecular formula is C23H19FN4O3. The van der Waals surface area contributed by atoms with Crippen LogP contribution in [-0.2, 0) is 6.54 Å².